The van der Waals surface area contributed by atoms with Gasteiger partial charge in [0.05, 0.1) is 17.9 Å². The van der Waals surface area contributed by atoms with Gasteiger partial charge >= 0.3 is 0 Å². The molecule has 0 radical (unpaired) electrons. The van der Waals surface area contributed by atoms with Crippen molar-refractivity contribution in [2.75, 3.05) is 25.6 Å². The van der Waals surface area contributed by atoms with Crippen molar-refractivity contribution >= 4 is 17.3 Å². The molecule has 1 aromatic rings. The summed E-state index contributed by atoms with van der Waals surface area (Å²) in [5.74, 6) is 0.849. The molecule has 0 spiro atoms. The van der Waals surface area contributed by atoms with E-state index in [1.807, 2.05) is 18.2 Å². The van der Waals surface area contributed by atoms with E-state index in [0.717, 1.165) is 30.8 Å². The van der Waals surface area contributed by atoms with E-state index in [-0.39, 0.29) is 5.60 Å². The van der Waals surface area contributed by atoms with E-state index in [1.165, 1.54) is 0 Å². The Morgan fingerprint density at radius 2 is 2.05 bits per heavy atom. The lowest BCUT2D eigenvalue weighted by Gasteiger charge is -2.23. The Morgan fingerprint density at radius 3 is 2.68 bits per heavy atom. The van der Waals surface area contributed by atoms with E-state index < -0.39 is 0 Å². The highest BCUT2D eigenvalue weighted by Crippen LogP contribution is 2.28. The van der Waals surface area contributed by atoms with Crippen LogP contribution >= 0.6 is 11.6 Å². The summed E-state index contributed by atoms with van der Waals surface area (Å²) >= 11 is 6.03. The van der Waals surface area contributed by atoms with E-state index in [2.05, 4.69) is 26.1 Å². The second kappa shape index (κ2) is 7.61. The maximum absolute atomic E-state index is 6.03. The highest BCUT2D eigenvalue weighted by atomic mass is 35.5. The molecule has 0 saturated carbocycles. The number of methoxy groups -OCH3 is 1. The van der Waals surface area contributed by atoms with Crippen molar-refractivity contribution in [3.63, 3.8) is 0 Å². The summed E-state index contributed by atoms with van der Waals surface area (Å²) in [6.45, 7) is 7.75. The summed E-state index contributed by atoms with van der Waals surface area (Å²) in [5, 5.41) is 4.07. The van der Waals surface area contributed by atoms with Crippen LogP contribution in [0.5, 0.6) is 5.75 Å². The molecule has 1 rings (SSSR count). The summed E-state index contributed by atoms with van der Waals surface area (Å²) in [6, 6.07) is 5.64. The molecule has 0 unspecified atom stereocenters. The molecule has 0 aliphatic carbocycles. The zero-order chi connectivity index (χ0) is 14.3. The van der Waals surface area contributed by atoms with Gasteiger partial charge in [0.25, 0.3) is 0 Å². The van der Waals surface area contributed by atoms with Crippen molar-refractivity contribution in [3.05, 3.63) is 23.2 Å². The van der Waals surface area contributed by atoms with Crippen LogP contribution in [0.25, 0.3) is 0 Å². The minimum absolute atomic E-state index is 0.129. The van der Waals surface area contributed by atoms with Gasteiger partial charge in [0.1, 0.15) is 5.75 Å². The van der Waals surface area contributed by atoms with Crippen molar-refractivity contribution in [2.24, 2.45) is 0 Å². The van der Waals surface area contributed by atoms with Crippen LogP contribution in [0, 0.1) is 0 Å². The van der Waals surface area contributed by atoms with Gasteiger partial charge in [-0.1, -0.05) is 18.5 Å². The van der Waals surface area contributed by atoms with E-state index in [0.29, 0.717) is 11.6 Å². The molecule has 4 heteroatoms. The minimum atomic E-state index is -0.129. The topological polar surface area (TPSA) is 30.5 Å². The molecular weight excluding hydrogens is 262 g/mol. The van der Waals surface area contributed by atoms with Crippen molar-refractivity contribution in [2.45, 2.75) is 39.2 Å². The smallest absolute Gasteiger partial charge is 0.142 e. The fourth-order valence-electron chi connectivity index (χ4n) is 1.58. The SMILES string of the molecule is CCCOc1ccc(Cl)cc1NCCC(C)(C)OC. The molecule has 19 heavy (non-hydrogen) atoms. The number of anilines is 1. The Kier molecular flexibility index (Phi) is 6.46. The lowest BCUT2D eigenvalue weighted by Crippen LogP contribution is -2.25. The third-order valence-electron chi connectivity index (χ3n) is 3.00. The van der Waals surface area contributed by atoms with E-state index in [1.54, 1.807) is 7.11 Å². The Labute approximate surface area is 121 Å². The zero-order valence-electron chi connectivity index (χ0n) is 12.3. The van der Waals surface area contributed by atoms with Gasteiger partial charge in [0, 0.05) is 18.7 Å². The number of hydrogen-bond acceptors (Lipinski definition) is 3. The van der Waals surface area contributed by atoms with Crippen LogP contribution in [-0.2, 0) is 4.74 Å². The number of rotatable bonds is 8. The van der Waals surface area contributed by atoms with Crippen LogP contribution in [0.4, 0.5) is 5.69 Å². The molecule has 0 amide bonds. The van der Waals surface area contributed by atoms with Crippen molar-refractivity contribution in [3.8, 4) is 5.75 Å². The Hall–Kier alpha value is -0.930. The van der Waals surface area contributed by atoms with Crippen LogP contribution in [0.3, 0.4) is 0 Å². The van der Waals surface area contributed by atoms with Gasteiger partial charge in [-0.05, 0) is 44.9 Å². The number of benzene rings is 1. The molecule has 1 aromatic carbocycles. The van der Waals surface area contributed by atoms with Crippen LogP contribution in [0.2, 0.25) is 5.02 Å². The standard InChI is InChI=1S/C15H24ClNO2/c1-5-10-19-14-7-6-12(16)11-13(14)17-9-8-15(2,3)18-4/h6-7,11,17H,5,8-10H2,1-4H3. The van der Waals surface area contributed by atoms with Crippen LogP contribution < -0.4 is 10.1 Å². The number of hydrogen-bond donors (Lipinski definition) is 1. The normalized spacial score (nSPS) is 11.4. The molecule has 3 nitrogen and oxygen atoms in total. The third-order valence-corrected chi connectivity index (χ3v) is 3.23. The van der Waals surface area contributed by atoms with Crippen molar-refractivity contribution < 1.29 is 9.47 Å². The second-order valence-electron chi connectivity index (χ2n) is 5.13. The highest BCUT2D eigenvalue weighted by molar-refractivity contribution is 6.30. The molecule has 1 N–H and O–H groups in total. The van der Waals surface area contributed by atoms with Gasteiger partial charge in [-0.15, -0.1) is 0 Å². The zero-order valence-corrected chi connectivity index (χ0v) is 13.0. The average molecular weight is 286 g/mol. The second-order valence-corrected chi connectivity index (χ2v) is 5.57. The van der Waals surface area contributed by atoms with Crippen molar-refractivity contribution in [1.82, 2.24) is 0 Å². The van der Waals surface area contributed by atoms with E-state index in [9.17, 15) is 0 Å². The molecule has 0 heterocycles. The Morgan fingerprint density at radius 1 is 1.32 bits per heavy atom. The van der Waals surface area contributed by atoms with Gasteiger partial charge in [0.15, 0.2) is 0 Å². The lowest BCUT2D eigenvalue weighted by molar-refractivity contribution is 0.0185. The molecule has 0 saturated heterocycles. The molecule has 0 atom stereocenters. The monoisotopic (exact) mass is 285 g/mol. The Bertz CT molecular complexity index is 394. The van der Waals surface area contributed by atoms with Gasteiger partial charge < -0.3 is 14.8 Å². The summed E-state index contributed by atoms with van der Waals surface area (Å²) in [5.41, 5.74) is 0.809. The maximum atomic E-state index is 6.03. The predicted octanol–water partition coefficient (Wildman–Crippen LogP) is 4.36. The Balaban J connectivity index is 2.62. The van der Waals surface area contributed by atoms with Crippen molar-refractivity contribution in [1.29, 1.82) is 0 Å². The summed E-state index contributed by atoms with van der Waals surface area (Å²) < 4.78 is 11.1. The first-order valence-corrected chi connectivity index (χ1v) is 7.07. The number of nitrogens with one attached hydrogen (secondary N) is 1. The molecule has 0 aliphatic heterocycles. The molecular formula is C15H24ClNO2. The fourth-order valence-corrected chi connectivity index (χ4v) is 1.75. The van der Waals surface area contributed by atoms with E-state index in [4.69, 9.17) is 21.1 Å². The predicted molar refractivity (Wildman–Crippen MR) is 81.4 cm³/mol. The molecule has 0 bridgehead atoms. The minimum Gasteiger partial charge on any atom is -0.491 e. The lowest BCUT2D eigenvalue weighted by atomic mass is 10.1. The molecule has 108 valence electrons. The number of ether oxygens (including phenoxy) is 2. The fraction of sp³-hybridized carbons (Fsp3) is 0.600. The van der Waals surface area contributed by atoms with Gasteiger partial charge in [-0.2, -0.15) is 0 Å². The average Bonchev–Trinajstić information content (AvgIpc) is 2.38. The summed E-state index contributed by atoms with van der Waals surface area (Å²) in [6.07, 6.45) is 1.89. The van der Waals surface area contributed by atoms with Gasteiger partial charge in [0.2, 0.25) is 0 Å². The summed E-state index contributed by atoms with van der Waals surface area (Å²) in [4.78, 5) is 0. The molecule has 0 fully saturated rings. The van der Waals surface area contributed by atoms with Gasteiger partial charge in [-0.3, -0.25) is 0 Å². The number of halogens is 1. The first-order chi connectivity index (χ1) is 8.98. The first kappa shape index (κ1) is 16.1. The third kappa shape index (κ3) is 5.70. The van der Waals surface area contributed by atoms with Gasteiger partial charge in [-0.25, -0.2) is 0 Å². The quantitative estimate of drug-likeness (QED) is 0.770. The van der Waals surface area contributed by atoms with E-state index >= 15 is 0 Å². The first-order valence-electron chi connectivity index (χ1n) is 6.70. The highest BCUT2D eigenvalue weighted by Gasteiger charge is 2.15. The van der Waals surface area contributed by atoms with Crippen LogP contribution in [0.15, 0.2) is 18.2 Å². The van der Waals surface area contributed by atoms with Crippen LogP contribution in [0.1, 0.15) is 33.6 Å². The van der Waals surface area contributed by atoms with Crippen LogP contribution in [-0.4, -0.2) is 25.9 Å². The molecule has 0 aromatic heterocycles. The summed E-state index contributed by atoms with van der Waals surface area (Å²) in [7, 11) is 1.73. The molecule has 0 aliphatic rings. The largest absolute Gasteiger partial charge is 0.491 e. The maximum Gasteiger partial charge on any atom is 0.142 e.